The van der Waals surface area contributed by atoms with E-state index in [1.54, 1.807) is 6.42 Å². The van der Waals surface area contributed by atoms with Gasteiger partial charge in [-0.15, -0.1) is 0 Å². The topological polar surface area (TPSA) is 29.3 Å². The zero-order valence-electron chi connectivity index (χ0n) is 13.2. The molecule has 2 heteroatoms. The number of nitrogens with two attached hydrogens (primary N) is 1. The summed E-state index contributed by atoms with van der Waals surface area (Å²) in [6.07, 6.45) is 13.2. The fourth-order valence-corrected chi connectivity index (χ4v) is 6.81. The van der Waals surface area contributed by atoms with Gasteiger partial charge in [-0.25, -0.2) is 0 Å². The summed E-state index contributed by atoms with van der Waals surface area (Å²) in [4.78, 5) is 2.92. The van der Waals surface area contributed by atoms with E-state index in [2.05, 4.69) is 11.8 Å². The third-order valence-corrected chi connectivity index (χ3v) is 7.47. The molecule has 114 valence electrons. The van der Waals surface area contributed by atoms with Gasteiger partial charge < -0.3 is 5.73 Å². The third-order valence-electron chi connectivity index (χ3n) is 7.47. The number of nitrogens with zero attached hydrogens (tertiary/aromatic N) is 1. The Hall–Kier alpha value is -0.0800. The number of likely N-dealkylation sites (tertiary alicyclic amines) is 1. The van der Waals surface area contributed by atoms with Crippen molar-refractivity contribution in [1.29, 1.82) is 0 Å². The predicted octanol–water partition coefficient (Wildman–Crippen LogP) is 3.40. The standard InChI is InChI=1S/C18H32N2/c1-13-5-3-2-4-6-20(13)18(12-19)16-8-14-7-15(10-16)11-17(18)9-14/h13-17H,2-12,19H2,1H3. The second kappa shape index (κ2) is 4.98. The summed E-state index contributed by atoms with van der Waals surface area (Å²) in [5.74, 6) is 3.95. The molecule has 1 aliphatic heterocycles. The molecular weight excluding hydrogens is 244 g/mol. The highest BCUT2D eigenvalue weighted by Gasteiger charge is 2.59. The molecule has 2 N–H and O–H groups in total. The highest BCUT2D eigenvalue weighted by atomic mass is 15.3. The Morgan fingerprint density at radius 2 is 1.60 bits per heavy atom. The second-order valence-corrected chi connectivity index (χ2v) is 8.39. The Labute approximate surface area is 124 Å². The van der Waals surface area contributed by atoms with Crippen molar-refractivity contribution in [2.45, 2.75) is 76.3 Å². The highest BCUT2D eigenvalue weighted by molar-refractivity contribution is 5.13. The van der Waals surface area contributed by atoms with Gasteiger partial charge in [0.25, 0.3) is 0 Å². The molecule has 0 aromatic heterocycles. The molecule has 1 saturated heterocycles. The maximum atomic E-state index is 6.49. The fourth-order valence-electron chi connectivity index (χ4n) is 6.81. The van der Waals surface area contributed by atoms with Crippen LogP contribution in [0.4, 0.5) is 0 Å². The van der Waals surface area contributed by atoms with Crippen LogP contribution in [0.3, 0.4) is 0 Å². The van der Waals surface area contributed by atoms with Crippen LogP contribution >= 0.6 is 0 Å². The summed E-state index contributed by atoms with van der Waals surface area (Å²) in [5, 5.41) is 0. The molecule has 5 rings (SSSR count). The van der Waals surface area contributed by atoms with Gasteiger partial charge in [-0.3, -0.25) is 4.90 Å². The largest absolute Gasteiger partial charge is 0.329 e. The molecule has 0 aromatic rings. The van der Waals surface area contributed by atoms with Crippen LogP contribution in [0.15, 0.2) is 0 Å². The summed E-state index contributed by atoms with van der Waals surface area (Å²) in [5.41, 5.74) is 6.88. The highest BCUT2D eigenvalue weighted by Crippen LogP contribution is 2.60. The Balaban J connectivity index is 1.68. The van der Waals surface area contributed by atoms with Crippen molar-refractivity contribution >= 4 is 0 Å². The van der Waals surface area contributed by atoms with Crippen LogP contribution in [-0.2, 0) is 0 Å². The monoisotopic (exact) mass is 276 g/mol. The van der Waals surface area contributed by atoms with E-state index >= 15 is 0 Å². The minimum absolute atomic E-state index is 0.386. The molecule has 20 heavy (non-hydrogen) atoms. The van der Waals surface area contributed by atoms with Gasteiger partial charge in [0.2, 0.25) is 0 Å². The Morgan fingerprint density at radius 1 is 0.950 bits per heavy atom. The van der Waals surface area contributed by atoms with Crippen LogP contribution in [0.25, 0.3) is 0 Å². The van der Waals surface area contributed by atoms with Gasteiger partial charge in [-0.05, 0) is 82.1 Å². The summed E-state index contributed by atoms with van der Waals surface area (Å²) >= 11 is 0. The molecule has 4 saturated carbocycles. The molecule has 5 fully saturated rings. The van der Waals surface area contributed by atoms with Crippen molar-refractivity contribution < 1.29 is 0 Å². The van der Waals surface area contributed by atoms with Crippen molar-refractivity contribution in [1.82, 2.24) is 4.90 Å². The normalized spacial score (nSPS) is 52.2. The Morgan fingerprint density at radius 3 is 2.20 bits per heavy atom. The molecule has 1 atom stereocenters. The van der Waals surface area contributed by atoms with Crippen molar-refractivity contribution in [2.24, 2.45) is 29.4 Å². The van der Waals surface area contributed by atoms with E-state index < -0.39 is 0 Å². The summed E-state index contributed by atoms with van der Waals surface area (Å²) in [6.45, 7) is 4.72. The van der Waals surface area contributed by atoms with Gasteiger partial charge in [-0.2, -0.15) is 0 Å². The van der Waals surface area contributed by atoms with Crippen molar-refractivity contribution in [3.05, 3.63) is 0 Å². The maximum Gasteiger partial charge on any atom is 0.0391 e. The first-order valence-electron chi connectivity index (χ1n) is 9.21. The molecule has 0 amide bonds. The van der Waals surface area contributed by atoms with Crippen LogP contribution in [0, 0.1) is 23.7 Å². The van der Waals surface area contributed by atoms with Crippen LogP contribution in [0.2, 0.25) is 0 Å². The molecule has 1 heterocycles. The van der Waals surface area contributed by atoms with Gasteiger partial charge >= 0.3 is 0 Å². The van der Waals surface area contributed by atoms with Crippen LogP contribution in [0.5, 0.6) is 0 Å². The summed E-state index contributed by atoms with van der Waals surface area (Å²) in [7, 11) is 0. The van der Waals surface area contributed by atoms with Crippen LogP contribution in [-0.4, -0.2) is 29.6 Å². The molecular formula is C18H32N2. The van der Waals surface area contributed by atoms with E-state index in [-0.39, 0.29) is 0 Å². The number of hydrogen-bond donors (Lipinski definition) is 1. The van der Waals surface area contributed by atoms with Gasteiger partial charge in [0, 0.05) is 18.1 Å². The van der Waals surface area contributed by atoms with Gasteiger partial charge in [-0.1, -0.05) is 12.8 Å². The van der Waals surface area contributed by atoms with Gasteiger partial charge in [0.15, 0.2) is 0 Å². The smallest absolute Gasteiger partial charge is 0.0391 e. The van der Waals surface area contributed by atoms with Crippen molar-refractivity contribution in [2.75, 3.05) is 13.1 Å². The zero-order chi connectivity index (χ0) is 13.7. The minimum atomic E-state index is 0.386. The average Bonchev–Trinajstić information content (AvgIpc) is 2.64. The predicted molar refractivity (Wildman–Crippen MR) is 83.5 cm³/mol. The van der Waals surface area contributed by atoms with Crippen molar-refractivity contribution in [3.63, 3.8) is 0 Å². The van der Waals surface area contributed by atoms with Gasteiger partial charge in [0.05, 0.1) is 0 Å². The van der Waals surface area contributed by atoms with E-state index in [0.717, 1.165) is 36.3 Å². The lowest BCUT2D eigenvalue weighted by molar-refractivity contribution is -0.141. The molecule has 5 aliphatic rings. The van der Waals surface area contributed by atoms with E-state index in [0.29, 0.717) is 5.54 Å². The molecule has 4 aliphatic carbocycles. The molecule has 0 radical (unpaired) electrons. The van der Waals surface area contributed by atoms with Crippen molar-refractivity contribution in [3.8, 4) is 0 Å². The molecule has 0 spiro atoms. The van der Waals surface area contributed by atoms with Crippen LogP contribution in [0.1, 0.15) is 64.7 Å². The molecule has 4 bridgehead atoms. The Kier molecular flexibility index (Phi) is 3.38. The number of rotatable bonds is 2. The average molecular weight is 276 g/mol. The lowest BCUT2D eigenvalue weighted by atomic mass is 9.48. The lowest BCUT2D eigenvalue weighted by Gasteiger charge is -2.65. The van der Waals surface area contributed by atoms with E-state index in [4.69, 9.17) is 5.73 Å². The first-order chi connectivity index (χ1) is 9.74. The number of hydrogen-bond acceptors (Lipinski definition) is 2. The minimum Gasteiger partial charge on any atom is -0.329 e. The van der Waals surface area contributed by atoms with Crippen LogP contribution < -0.4 is 5.73 Å². The third kappa shape index (κ3) is 1.83. The van der Waals surface area contributed by atoms with E-state index in [1.165, 1.54) is 57.9 Å². The first-order valence-corrected chi connectivity index (χ1v) is 9.21. The summed E-state index contributed by atoms with van der Waals surface area (Å²) in [6, 6.07) is 0.763. The molecule has 1 unspecified atom stereocenters. The molecule has 2 nitrogen and oxygen atoms in total. The quantitative estimate of drug-likeness (QED) is 0.837. The summed E-state index contributed by atoms with van der Waals surface area (Å²) < 4.78 is 0. The fraction of sp³-hybridized carbons (Fsp3) is 1.00. The lowest BCUT2D eigenvalue weighted by Crippen LogP contribution is -2.70. The first kappa shape index (κ1) is 13.6. The SMILES string of the molecule is CC1CCCCCN1C1(CN)C2CC3CC(C2)CC1C3. The molecule has 0 aromatic carbocycles. The zero-order valence-corrected chi connectivity index (χ0v) is 13.2. The Bertz CT molecular complexity index is 336. The van der Waals surface area contributed by atoms with E-state index in [9.17, 15) is 0 Å². The second-order valence-electron chi connectivity index (χ2n) is 8.39. The van der Waals surface area contributed by atoms with E-state index in [1.807, 2.05) is 0 Å². The van der Waals surface area contributed by atoms with Gasteiger partial charge in [0.1, 0.15) is 0 Å². The maximum absolute atomic E-state index is 6.49.